The average Bonchev–Trinajstić information content (AvgIpc) is 2.76. The zero-order chi connectivity index (χ0) is 24.1. The van der Waals surface area contributed by atoms with Crippen molar-refractivity contribution in [3.05, 3.63) is 23.8 Å². The lowest BCUT2D eigenvalue weighted by molar-refractivity contribution is -0.155. The molecular weight excluding hydrogens is 408 g/mol. The predicted molar refractivity (Wildman–Crippen MR) is 116 cm³/mol. The summed E-state index contributed by atoms with van der Waals surface area (Å²) in [7, 11) is 0. The maximum Gasteiger partial charge on any atom is 0.337 e. The largest absolute Gasteiger partial charge is 0.504 e. The molecule has 0 aliphatic rings. The third kappa shape index (κ3) is 17.2. The van der Waals surface area contributed by atoms with Crippen molar-refractivity contribution in [3.8, 4) is 11.5 Å². The monoisotopic (exact) mass is 446 g/mol. The van der Waals surface area contributed by atoms with Gasteiger partial charge in [-0.15, -0.1) is 0 Å². The third-order valence-electron chi connectivity index (χ3n) is 3.66. The highest BCUT2D eigenvalue weighted by Gasteiger charge is 2.14. The predicted octanol–water partition coefficient (Wildman–Crippen LogP) is 2.78. The van der Waals surface area contributed by atoms with Crippen LogP contribution in [0.25, 0.3) is 0 Å². The molecule has 1 aromatic carbocycles. The van der Waals surface area contributed by atoms with E-state index in [0.717, 1.165) is 38.9 Å². The van der Waals surface area contributed by atoms with Gasteiger partial charge in [0.2, 0.25) is 0 Å². The first-order valence-corrected chi connectivity index (χ1v) is 10.4. The summed E-state index contributed by atoms with van der Waals surface area (Å²) >= 11 is 0. The van der Waals surface area contributed by atoms with Crippen molar-refractivity contribution in [2.24, 2.45) is 0 Å². The van der Waals surface area contributed by atoms with E-state index in [1.165, 1.54) is 18.2 Å². The number of esters is 1. The molecule has 0 saturated heterocycles. The molecule has 0 aliphatic carbocycles. The molecule has 0 aromatic heterocycles. The Balaban J connectivity index is 0. The van der Waals surface area contributed by atoms with Crippen LogP contribution in [-0.2, 0) is 19.0 Å². The van der Waals surface area contributed by atoms with E-state index in [1.54, 1.807) is 0 Å². The van der Waals surface area contributed by atoms with E-state index in [4.69, 9.17) is 34.6 Å². The number of phenolic OH excluding ortho intramolecular Hbond substituents is 2. The zero-order valence-corrected chi connectivity index (χ0v) is 19.0. The van der Waals surface area contributed by atoms with Crippen LogP contribution in [0.2, 0.25) is 0 Å². The number of para-hydroxylation sites is 1. The van der Waals surface area contributed by atoms with Gasteiger partial charge in [0.15, 0.2) is 30.2 Å². The molecule has 0 bridgehead atoms. The average molecular weight is 447 g/mol. The van der Waals surface area contributed by atoms with E-state index in [0.29, 0.717) is 12.9 Å². The van der Waals surface area contributed by atoms with Crippen molar-refractivity contribution in [2.45, 2.75) is 65.8 Å². The molecule has 180 valence electrons. The minimum absolute atomic E-state index is 0.0370. The highest BCUT2D eigenvalue weighted by atomic mass is 16.7. The lowest BCUT2D eigenvalue weighted by atomic mass is 10.2. The molecule has 1 rings (SSSR count). The molecular formula is C22H38O9. The summed E-state index contributed by atoms with van der Waals surface area (Å²) in [6.45, 7) is 9.10. The lowest BCUT2D eigenvalue weighted by Gasteiger charge is -2.09. The Labute approximate surface area is 184 Å². The van der Waals surface area contributed by atoms with Crippen molar-refractivity contribution in [2.75, 3.05) is 26.4 Å². The zero-order valence-electron chi connectivity index (χ0n) is 19.0. The van der Waals surface area contributed by atoms with E-state index in [1.807, 2.05) is 20.8 Å². The number of hydrogen-bond acceptors (Lipinski definition) is 9. The normalized spacial score (nSPS) is 10.9. The van der Waals surface area contributed by atoms with Crippen molar-refractivity contribution in [1.29, 1.82) is 0 Å². The fourth-order valence-corrected chi connectivity index (χ4v) is 2.03. The molecule has 4 N–H and O–H groups in total. The van der Waals surface area contributed by atoms with E-state index in [-0.39, 0.29) is 23.4 Å². The van der Waals surface area contributed by atoms with Crippen LogP contribution >= 0.6 is 0 Å². The highest BCUT2D eigenvalue weighted by Crippen LogP contribution is 2.26. The Morgan fingerprint density at radius 2 is 1.68 bits per heavy atom. The van der Waals surface area contributed by atoms with Gasteiger partial charge in [0.05, 0.1) is 18.8 Å². The fourth-order valence-electron chi connectivity index (χ4n) is 2.03. The summed E-state index contributed by atoms with van der Waals surface area (Å²) in [5, 5.41) is 34.9. The number of carbonyl (C=O) groups is 2. The number of aromatic hydroxyl groups is 2. The molecule has 0 amide bonds. The molecule has 1 aromatic rings. The van der Waals surface area contributed by atoms with Crippen LogP contribution in [0.5, 0.6) is 11.5 Å². The minimum atomic E-state index is -1.38. The first-order valence-electron chi connectivity index (χ1n) is 10.4. The van der Waals surface area contributed by atoms with Gasteiger partial charge in [-0.2, -0.15) is 0 Å². The molecule has 0 saturated carbocycles. The molecule has 0 fully saturated rings. The van der Waals surface area contributed by atoms with Gasteiger partial charge in [0, 0.05) is 13.2 Å². The summed E-state index contributed by atoms with van der Waals surface area (Å²) in [5.41, 5.74) is 0.0972. The number of hydrogen-bond donors (Lipinski definition) is 4. The second kappa shape index (κ2) is 21.0. The number of rotatable bonds is 12. The number of carbonyl (C=O) groups excluding carboxylic acids is 2. The van der Waals surface area contributed by atoms with Crippen LogP contribution in [0.4, 0.5) is 0 Å². The van der Waals surface area contributed by atoms with Gasteiger partial charge in [0.1, 0.15) is 0 Å². The lowest BCUT2D eigenvalue weighted by Crippen LogP contribution is -2.26. The van der Waals surface area contributed by atoms with Crippen LogP contribution in [0, 0.1) is 0 Å². The Kier molecular flexibility index (Phi) is 21.0. The van der Waals surface area contributed by atoms with Gasteiger partial charge in [-0.3, -0.25) is 4.79 Å². The number of aldehydes is 1. The summed E-state index contributed by atoms with van der Waals surface area (Å²) < 4.78 is 14.8. The molecule has 9 heteroatoms. The van der Waals surface area contributed by atoms with Gasteiger partial charge in [-0.05, 0) is 39.3 Å². The molecule has 1 atom stereocenters. The molecule has 0 spiro atoms. The van der Waals surface area contributed by atoms with Crippen LogP contribution < -0.4 is 0 Å². The number of benzene rings is 1. The number of phenols is 2. The van der Waals surface area contributed by atoms with E-state index in [9.17, 15) is 9.59 Å². The Morgan fingerprint density at radius 1 is 1.06 bits per heavy atom. The standard InChI is InChI=1S/C9H18O4.C7H6O3.C6H14O2/c1-2-3-4-5-6-13-9(12)8(11)7-10;8-4-5-2-1-3-6(9)7(5)10;1-4-7-6(3)8-5-2/h8,10-11H,2-7H2,1H3;1-4,9-10H;6H,4-5H2,1-3H3. The maximum atomic E-state index is 10.8. The summed E-state index contributed by atoms with van der Waals surface area (Å²) in [6.07, 6.45) is 3.16. The molecule has 0 heterocycles. The van der Waals surface area contributed by atoms with Crippen molar-refractivity contribution >= 4 is 12.3 Å². The Hall–Kier alpha value is -2.20. The molecule has 1 unspecified atom stereocenters. The minimum Gasteiger partial charge on any atom is -0.504 e. The van der Waals surface area contributed by atoms with Gasteiger partial charge in [0.25, 0.3) is 0 Å². The highest BCUT2D eigenvalue weighted by molar-refractivity contribution is 5.80. The first kappa shape index (κ1) is 31.0. The summed E-state index contributed by atoms with van der Waals surface area (Å²) in [4.78, 5) is 20.9. The van der Waals surface area contributed by atoms with Gasteiger partial charge in [-0.1, -0.05) is 32.3 Å². The second-order valence-corrected chi connectivity index (χ2v) is 6.24. The van der Waals surface area contributed by atoms with E-state index in [2.05, 4.69) is 6.92 Å². The van der Waals surface area contributed by atoms with E-state index >= 15 is 0 Å². The van der Waals surface area contributed by atoms with E-state index < -0.39 is 18.7 Å². The second-order valence-electron chi connectivity index (χ2n) is 6.24. The SMILES string of the molecule is CCCCCCOC(=O)C(O)CO.CCOC(C)OCC.O=Cc1cccc(O)c1O. The molecule has 0 radical (unpaired) electrons. The van der Waals surface area contributed by atoms with Crippen LogP contribution in [-0.4, -0.2) is 71.5 Å². The smallest absolute Gasteiger partial charge is 0.337 e. The number of ether oxygens (including phenoxy) is 3. The van der Waals surface area contributed by atoms with Crippen LogP contribution in [0.1, 0.15) is 63.7 Å². The molecule has 9 nitrogen and oxygen atoms in total. The Morgan fingerprint density at radius 3 is 2.13 bits per heavy atom. The number of aliphatic hydroxyl groups is 2. The summed E-state index contributed by atoms with van der Waals surface area (Å²) in [6, 6.07) is 4.21. The fraction of sp³-hybridized carbons (Fsp3) is 0.636. The van der Waals surface area contributed by atoms with Gasteiger partial charge < -0.3 is 34.6 Å². The van der Waals surface area contributed by atoms with Crippen LogP contribution in [0.15, 0.2) is 18.2 Å². The van der Waals surface area contributed by atoms with Crippen LogP contribution in [0.3, 0.4) is 0 Å². The molecule has 31 heavy (non-hydrogen) atoms. The maximum absolute atomic E-state index is 10.8. The number of aliphatic hydroxyl groups excluding tert-OH is 2. The number of unbranched alkanes of at least 4 members (excludes halogenated alkanes) is 3. The van der Waals surface area contributed by atoms with Crippen molar-refractivity contribution < 1.29 is 44.2 Å². The van der Waals surface area contributed by atoms with Gasteiger partial charge >= 0.3 is 5.97 Å². The first-order chi connectivity index (χ1) is 14.8. The molecule has 0 aliphatic heterocycles. The topological polar surface area (TPSA) is 143 Å². The van der Waals surface area contributed by atoms with Gasteiger partial charge in [-0.25, -0.2) is 4.79 Å². The Bertz CT molecular complexity index is 572. The summed E-state index contributed by atoms with van der Waals surface area (Å²) in [5.74, 6) is -1.37. The quantitative estimate of drug-likeness (QED) is 0.125. The van der Waals surface area contributed by atoms with Crippen molar-refractivity contribution in [1.82, 2.24) is 0 Å². The van der Waals surface area contributed by atoms with Crippen molar-refractivity contribution in [3.63, 3.8) is 0 Å². The third-order valence-corrected chi connectivity index (χ3v) is 3.66.